The van der Waals surface area contributed by atoms with Crippen LogP contribution in [0.3, 0.4) is 0 Å². The van der Waals surface area contributed by atoms with Gasteiger partial charge in [0.25, 0.3) is 0 Å². The van der Waals surface area contributed by atoms with Gasteiger partial charge < -0.3 is 9.80 Å². The molecule has 158 valence electrons. The maximum Gasteiger partial charge on any atom is 0.225 e. The lowest BCUT2D eigenvalue weighted by Crippen LogP contribution is -2.40. The zero-order chi connectivity index (χ0) is 19.8. The highest BCUT2D eigenvalue weighted by atomic mass is 16.2. The summed E-state index contributed by atoms with van der Waals surface area (Å²) in [5.74, 6) is 0.709. The van der Waals surface area contributed by atoms with E-state index < -0.39 is 0 Å². The summed E-state index contributed by atoms with van der Waals surface area (Å²) in [7, 11) is 0. The van der Waals surface area contributed by atoms with Gasteiger partial charge >= 0.3 is 0 Å². The van der Waals surface area contributed by atoms with E-state index in [2.05, 4.69) is 39.8 Å². The number of anilines is 1. The molecule has 0 bridgehead atoms. The van der Waals surface area contributed by atoms with Gasteiger partial charge in [-0.2, -0.15) is 0 Å². The lowest BCUT2D eigenvalue weighted by atomic mass is 9.87. The minimum atomic E-state index is 0.291. The van der Waals surface area contributed by atoms with Crippen molar-refractivity contribution in [3.05, 3.63) is 29.3 Å². The highest BCUT2D eigenvalue weighted by molar-refractivity contribution is 5.79. The Morgan fingerprint density at radius 1 is 0.931 bits per heavy atom. The Hall–Kier alpha value is -1.55. The first-order valence-corrected chi connectivity index (χ1v) is 12.1. The zero-order valence-electron chi connectivity index (χ0n) is 18.1. The van der Waals surface area contributed by atoms with Crippen LogP contribution in [0.4, 0.5) is 5.69 Å². The fourth-order valence-electron chi connectivity index (χ4n) is 6.28. The molecule has 4 aliphatic rings. The van der Waals surface area contributed by atoms with E-state index in [1.54, 1.807) is 0 Å². The molecule has 3 aliphatic heterocycles. The van der Waals surface area contributed by atoms with Crippen LogP contribution >= 0.6 is 0 Å². The summed E-state index contributed by atoms with van der Waals surface area (Å²) in [5.41, 5.74) is 4.23. The first kappa shape index (κ1) is 19.4. The third-order valence-electron chi connectivity index (χ3n) is 8.07. The van der Waals surface area contributed by atoms with Crippen LogP contribution in [0.25, 0.3) is 0 Å². The van der Waals surface area contributed by atoms with Crippen LogP contribution in [0, 0.1) is 5.92 Å². The summed E-state index contributed by atoms with van der Waals surface area (Å²) in [4.78, 5) is 20.4. The second kappa shape index (κ2) is 8.29. The number of fused-ring (bicyclic) bond motifs is 1. The Morgan fingerprint density at radius 3 is 2.59 bits per heavy atom. The molecule has 1 saturated carbocycles. The number of amides is 1. The monoisotopic (exact) mass is 395 g/mol. The Labute approximate surface area is 176 Å². The Bertz CT molecular complexity index is 742. The van der Waals surface area contributed by atoms with Crippen LogP contribution in [-0.4, -0.2) is 54.0 Å². The summed E-state index contributed by atoms with van der Waals surface area (Å²) < 4.78 is 0. The van der Waals surface area contributed by atoms with Crippen molar-refractivity contribution in [2.75, 3.05) is 31.1 Å². The highest BCUT2D eigenvalue weighted by Gasteiger charge is 2.33. The first-order valence-electron chi connectivity index (χ1n) is 12.1. The first-order chi connectivity index (χ1) is 14.2. The lowest BCUT2D eigenvalue weighted by molar-refractivity contribution is -0.137. The van der Waals surface area contributed by atoms with E-state index in [0.29, 0.717) is 11.8 Å². The minimum absolute atomic E-state index is 0.291. The molecular weight excluding hydrogens is 358 g/mol. The molecule has 3 fully saturated rings. The molecule has 3 heterocycles. The van der Waals surface area contributed by atoms with E-state index in [9.17, 15) is 4.79 Å². The third-order valence-corrected chi connectivity index (χ3v) is 8.07. The van der Waals surface area contributed by atoms with E-state index in [4.69, 9.17) is 0 Å². The molecule has 2 saturated heterocycles. The molecule has 1 aromatic rings. The number of hydrogen-bond acceptors (Lipinski definition) is 3. The molecule has 0 radical (unpaired) electrons. The zero-order valence-corrected chi connectivity index (χ0v) is 18.1. The smallest absolute Gasteiger partial charge is 0.225 e. The molecule has 2 atom stereocenters. The number of likely N-dealkylation sites (tertiary alicyclic amines) is 1. The largest absolute Gasteiger partial charge is 0.370 e. The summed E-state index contributed by atoms with van der Waals surface area (Å²) in [6.07, 6.45) is 11.0. The van der Waals surface area contributed by atoms with Crippen molar-refractivity contribution in [3.63, 3.8) is 0 Å². The van der Waals surface area contributed by atoms with E-state index in [1.165, 1.54) is 75.0 Å². The van der Waals surface area contributed by atoms with Gasteiger partial charge in [0, 0.05) is 49.9 Å². The van der Waals surface area contributed by atoms with Crippen LogP contribution in [0.15, 0.2) is 18.2 Å². The van der Waals surface area contributed by atoms with Gasteiger partial charge in [-0.1, -0.05) is 25.3 Å². The molecule has 0 aromatic heterocycles. The van der Waals surface area contributed by atoms with Gasteiger partial charge in [0.05, 0.1) is 0 Å². The third kappa shape index (κ3) is 3.93. The van der Waals surface area contributed by atoms with Crippen molar-refractivity contribution in [2.24, 2.45) is 5.92 Å². The summed E-state index contributed by atoms with van der Waals surface area (Å²) >= 11 is 0. The molecule has 4 nitrogen and oxygen atoms in total. The van der Waals surface area contributed by atoms with Gasteiger partial charge in [-0.15, -0.1) is 0 Å². The second-order valence-corrected chi connectivity index (χ2v) is 9.92. The van der Waals surface area contributed by atoms with Crippen molar-refractivity contribution in [2.45, 2.75) is 83.3 Å². The maximum absolute atomic E-state index is 12.9. The normalized spacial score (nSPS) is 28.7. The Balaban J connectivity index is 1.23. The van der Waals surface area contributed by atoms with Gasteiger partial charge in [0.15, 0.2) is 0 Å². The predicted molar refractivity (Wildman–Crippen MR) is 118 cm³/mol. The van der Waals surface area contributed by atoms with Crippen molar-refractivity contribution in [1.82, 2.24) is 9.80 Å². The van der Waals surface area contributed by atoms with Crippen LogP contribution in [0.1, 0.15) is 69.4 Å². The molecule has 4 heteroatoms. The van der Waals surface area contributed by atoms with E-state index in [1.807, 2.05) is 0 Å². The van der Waals surface area contributed by atoms with Crippen molar-refractivity contribution < 1.29 is 4.79 Å². The molecule has 5 rings (SSSR count). The van der Waals surface area contributed by atoms with Crippen molar-refractivity contribution in [3.8, 4) is 0 Å². The number of hydrogen-bond donors (Lipinski definition) is 0. The maximum atomic E-state index is 12.9. The molecule has 0 spiro atoms. The molecule has 1 aliphatic carbocycles. The number of carbonyl (C=O) groups excluding carboxylic acids is 1. The van der Waals surface area contributed by atoms with Gasteiger partial charge in [-0.25, -0.2) is 0 Å². The van der Waals surface area contributed by atoms with Crippen LogP contribution < -0.4 is 4.90 Å². The molecule has 1 amide bonds. The molecular formula is C25H37N3O. The molecule has 2 unspecified atom stereocenters. The van der Waals surface area contributed by atoms with Gasteiger partial charge in [-0.3, -0.25) is 9.69 Å². The number of rotatable bonds is 3. The van der Waals surface area contributed by atoms with E-state index in [0.717, 1.165) is 44.4 Å². The summed E-state index contributed by atoms with van der Waals surface area (Å²) in [6.45, 7) is 7.76. The Kier molecular flexibility index (Phi) is 5.55. The summed E-state index contributed by atoms with van der Waals surface area (Å²) in [6, 6.07) is 8.52. The van der Waals surface area contributed by atoms with Gasteiger partial charge in [0.2, 0.25) is 5.91 Å². The second-order valence-electron chi connectivity index (χ2n) is 9.92. The molecule has 0 N–H and O–H groups in total. The number of benzene rings is 1. The quantitative estimate of drug-likeness (QED) is 0.767. The van der Waals surface area contributed by atoms with Crippen LogP contribution in [0.5, 0.6) is 0 Å². The standard InChI is InChI=1S/C25H37N3O/c1-19-6-5-13-28(19)24-12-15-26(18-24)23-10-9-22-17-27(14-11-21(22)16-23)25(29)20-7-3-2-4-8-20/h9-10,16,19-20,24H,2-8,11-15,17-18H2,1H3. The summed E-state index contributed by atoms with van der Waals surface area (Å²) in [5, 5.41) is 0. The van der Waals surface area contributed by atoms with Crippen LogP contribution in [-0.2, 0) is 17.8 Å². The molecule has 29 heavy (non-hydrogen) atoms. The van der Waals surface area contributed by atoms with Crippen LogP contribution in [0.2, 0.25) is 0 Å². The number of carbonyl (C=O) groups is 1. The van der Waals surface area contributed by atoms with Crippen molar-refractivity contribution in [1.29, 1.82) is 0 Å². The Morgan fingerprint density at radius 2 is 1.79 bits per heavy atom. The fourth-order valence-corrected chi connectivity index (χ4v) is 6.28. The average molecular weight is 396 g/mol. The minimum Gasteiger partial charge on any atom is -0.370 e. The van der Waals surface area contributed by atoms with Gasteiger partial charge in [-0.05, 0) is 75.3 Å². The lowest BCUT2D eigenvalue weighted by Gasteiger charge is -2.34. The fraction of sp³-hybridized carbons (Fsp3) is 0.720. The van der Waals surface area contributed by atoms with E-state index in [-0.39, 0.29) is 0 Å². The average Bonchev–Trinajstić information content (AvgIpc) is 3.42. The van der Waals surface area contributed by atoms with E-state index >= 15 is 0 Å². The van der Waals surface area contributed by atoms with Gasteiger partial charge in [0.1, 0.15) is 0 Å². The SMILES string of the molecule is CC1CCCN1C1CCN(c2ccc3c(c2)CCN(C(=O)C2CCCCC2)C3)C1. The van der Waals surface area contributed by atoms with Crippen molar-refractivity contribution >= 4 is 11.6 Å². The topological polar surface area (TPSA) is 26.8 Å². The molecule has 1 aromatic carbocycles. The predicted octanol–water partition coefficient (Wildman–Crippen LogP) is 4.21. The number of nitrogens with zero attached hydrogens (tertiary/aromatic N) is 3. The highest BCUT2D eigenvalue weighted by Crippen LogP contribution is 2.32.